The Morgan fingerprint density at radius 2 is 1.94 bits per heavy atom. The third kappa shape index (κ3) is 3.23. The van der Waals surface area contributed by atoms with Gasteiger partial charge in [-0.05, 0) is 25.5 Å². The summed E-state index contributed by atoms with van der Waals surface area (Å²) in [4.78, 5) is 2.32. The smallest absolute Gasteiger partial charge is 0.180 e. The van der Waals surface area contributed by atoms with Gasteiger partial charge in [-0.15, -0.1) is 0 Å². The molecule has 0 radical (unpaired) electrons. The number of hydrogen-bond donors (Lipinski definition) is 1. The van der Waals surface area contributed by atoms with E-state index in [1.54, 1.807) is 12.1 Å². The molecule has 0 fully saturated rings. The number of anilines is 1. The van der Waals surface area contributed by atoms with Crippen LogP contribution in [0, 0.1) is 0 Å². The van der Waals surface area contributed by atoms with E-state index in [0.717, 1.165) is 5.69 Å². The Morgan fingerprint density at radius 1 is 1.33 bits per heavy atom. The summed E-state index contributed by atoms with van der Waals surface area (Å²) >= 11 is 0. The molecule has 0 amide bonds. The molecule has 0 aromatic heterocycles. The average molecular weight is 270 g/mol. The van der Waals surface area contributed by atoms with Crippen LogP contribution in [0.2, 0.25) is 0 Å². The summed E-state index contributed by atoms with van der Waals surface area (Å²) in [5, 5.41) is 0. The predicted molar refractivity (Wildman–Crippen MR) is 75.7 cm³/mol. The Labute approximate surface area is 110 Å². The summed E-state index contributed by atoms with van der Waals surface area (Å²) in [6, 6.07) is 7.20. The first-order chi connectivity index (χ1) is 8.44. The molecule has 102 valence electrons. The first-order valence-corrected chi connectivity index (χ1v) is 7.84. The zero-order chi connectivity index (χ0) is 13.8. The number of hydrogen-bond acceptors (Lipinski definition) is 4. The van der Waals surface area contributed by atoms with Gasteiger partial charge in [0.15, 0.2) is 9.84 Å². The third-order valence-corrected chi connectivity index (χ3v) is 5.02. The molecule has 0 aliphatic carbocycles. The first-order valence-electron chi connectivity index (χ1n) is 6.18. The molecule has 18 heavy (non-hydrogen) atoms. The van der Waals surface area contributed by atoms with Crippen molar-refractivity contribution >= 4 is 15.5 Å². The van der Waals surface area contributed by atoms with Crippen molar-refractivity contribution in [2.24, 2.45) is 5.73 Å². The minimum absolute atomic E-state index is 0.1000. The summed E-state index contributed by atoms with van der Waals surface area (Å²) in [6.45, 7) is 4.33. The van der Waals surface area contributed by atoms with E-state index in [4.69, 9.17) is 5.73 Å². The summed E-state index contributed by atoms with van der Waals surface area (Å²) in [5.74, 6) is 0.175. The van der Waals surface area contributed by atoms with Gasteiger partial charge in [-0.2, -0.15) is 0 Å². The highest BCUT2D eigenvalue weighted by molar-refractivity contribution is 7.91. The van der Waals surface area contributed by atoms with Crippen molar-refractivity contribution in [3.8, 4) is 0 Å². The molecule has 0 heterocycles. The van der Waals surface area contributed by atoms with Crippen LogP contribution in [-0.2, 0) is 9.84 Å². The quantitative estimate of drug-likeness (QED) is 0.854. The number of para-hydroxylation sites is 1. The standard InChI is InChI=1S/C13H22N2O2S/c1-4-9-18(16,17)13-8-6-5-7-12(13)15(3)11(2)10-14/h5-8,11H,4,9-10,14H2,1-3H3. The van der Waals surface area contributed by atoms with Crippen molar-refractivity contribution in [3.05, 3.63) is 24.3 Å². The number of rotatable bonds is 6. The van der Waals surface area contributed by atoms with Crippen molar-refractivity contribution in [2.45, 2.75) is 31.2 Å². The van der Waals surface area contributed by atoms with E-state index in [1.807, 2.05) is 37.9 Å². The minimum atomic E-state index is -3.21. The molecule has 0 aliphatic heterocycles. The molecule has 0 bridgehead atoms. The Balaban J connectivity index is 3.23. The van der Waals surface area contributed by atoms with Gasteiger partial charge >= 0.3 is 0 Å². The SMILES string of the molecule is CCCS(=O)(=O)c1ccccc1N(C)C(C)CN. The Hall–Kier alpha value is -1.07. The maximum atomic E-state index is 12.2. The van der Waals surface area contributed by atoms with Gasteiger partial charge in [-0.3, -0.25) is 0 Å². The monoisotopic (exact) mass is 270 g/mol. The van der Waals surface area contributed by atoms with Crippen LogP contribution in [0.15, 0.2) is 29.2 Å². The van der Waals surface area contributed by atoms with Gasteiger partial charge in [-0.1, -0.05) is 19.1 Å². The van der Waals surface area contributed by atoms with Crippen LogP contribution in [-0.4, -0.2) is 33.8 Å². The van der Waals surface area contributed by atoms with Gasteiger partial charge in [0.2, 0.25) is 0 Å². The van der Waals surface area contributed by atoms with Crippen molar-refractivity contribution in [1.82, 2.24) is 0 Å². The molecule has 5 heteroatoms. The van der Waals surface area contributed by atoms with Crippen LogP contribution in [0.3, 0.4) is 0 Å². The molecule has 1 aromatic rings. The van der Waals surface area contributed by atoms with Gasteiger partial charge < -0.3 is 10.6 Å². The number of nitrogens with zero attached hydrogens (tertiary/aromatic N) is 1. The molecule has 4 nitrogen and oxygen atoms in total. The molecule has 1 rings (SSSR count). The molecule has 0 spiro atoms. The van der Waals surface area contributed by atoms with E-state index in [-0.39, 0.29) is 11.8 Å². The summed E-state index contributed by atoms with van der Waals surface area (Å²) < 4.78 is 24.4. The number of sulfone groups is 1. The highest BCUT2D eigenvalue weighted by atomic mass is 32.2. The molecule has 0 aliphatic rings. The largest absolute Gasteiger partial charge is 0.370 e. The second-order valence-electron chi connectivity index (χ2n) is 4.48. The number of nitrogens with two attached hydrogens (primary N) is 1. The summed E-state index contributed by atoms with van der Waals surface area (Å²) in [6.07, 6.45) is 0.618. The van der Waals surface area contributed by atoms with E-state index in [2.05, 4.69) is 0 Å². The number of benzene rings is 1. The lowest BCUT2D eigenvalue weighted by Gasteiger charge is -2.27. The second-order valence-corrected chi connectivity index (χ2v) is 6.56. The molecule has 2 N–H and O–H groups in total. The van der Waals surface area contributed by atoms with Crippen molar-refractivity contribution in [1.29, 1.82) is 0 Å². The zero-order valence-corrected chi connectivity index (χ0v) is 12.1. The van der Waals surface area contributed by atoms with Crippen molar-refractivity contribution in [2.75, 3.05) is 24.2 Å². The highest BCUT2D eigenvalue weighted by Gasteiger charge is 2.21. The van der Waals surface area contributed by atoms with Crippen LogP contribution in [0.1, 0.15) is 20.3 Å². The maximum absolute atomic E-state index is 12.2. The maximum Gasteiger partial charge on any atom is 0.180 e. The Kier molecular flexibility index (Phi) is 5.16. The molecule has 1 atom stereocenters. The lowest BCUT2D eigenvalue weighted by molar-refractivity contribution is 0.593. The lowest BCUT2D eigenvalue weighted by Crippen LogP contribution is -2.36. The van der Waals surface area contributed by atoms with Crippen LogP contribution in [0.5, 0.6) is 0 Å². The molecular formula is C13H22N2O2S. The van der Waals surface area contributed by atoms with Gasteiger partial charge in [0, 0.05) is 19.6 Å². The van der Waals surface area contributed by atoms with Gasteiger partial charge in [0.05, 0.1) is 16.3 Å². The Morgan fingerprint density at radius 3 is 2.50 bits per heavy atom. The fourth-order valence-electron chi connectivity index (χ4n) is 1.79. The van der Waals surface area contributed by atoms with E-state index in [0.29, 0.717) is 17.9 Å². The second kappa shape index (κ2) is 6.20. The molecule has 1 unspecified atom stereocenters. The average Bonchev–Trinajstić information content (AvgIpc) is 2.37. The summed E-state index contributed by atoms with van der Waals surface area (Å²) in [5.41, 5.74) is 6.36. The van der Waals surface area contributed by atoms with E-state index >= 15 is 0 Å². The van der Waals surface area contributed by atoms with Crippen LogP contribution >= 0.6 is 0 Å². The summed E-state index contributed by atoms with van der Waals surface area (Å²) in [7, 11) is -1.34. The normalized spacial score (nSPS) is 13.3. The number of likely N-dealkylation sites (N-methyl/N-ethyl adjacent to an activating group) is 1. The van der Waals surface area contributed by atoms with Crippen LogP contribution in [0.4, 0.5) is 5.69 Å². The Bertz CT molecular complexity index is 486. The molecule has 0 saturated heterocycles. The lowest BCUT2D eigenvalue weighted by atomic mass is 10.2. The van der Waals surface area contributed by atoms with E-state index < -0.39 is 9.84 Å². The third-order valence-electron chi connectivity index (χ3n) is 3.06. The van der Waals surface area contributed by atoms with Crippen LogP contribution < -0.4 is 10.6 Å². The fraction of sp³-hybridized carbons (Fsp3) is 0.538. The van der Waals surface area contributed by atoms with Crippen molar-refractivity contribution in [3.63, 3.8) is 0 Å². The zero-order valence-electron chi connectivity index (χ0n) is 11.3. The van der Waals surface area contributed by atoms with Gasteiger partial charge in [-0.25, -0.2) is 8.42 Å². The van der Waals surface area contributed by atoms with Gasteiger partial charge in [0.25, 0.3) is 0 Å². The first kappa shape index (κ1) is 15.0. The minimum Gasteiger partial charge on any atom is -0.370 e. The fourth-order valence-corrected chi connectivity index (χ4v) is 3.36. The van der Waals surface area contributed by atoms with Gasteiger partial charge in [0.1, 0.15) is 0 Å². The molecular weight excluding hydrogens is 248 g/mol. The molecule has 1 aromatic carbocycles. The van der Waals surface area contributed by atoms with Crippen LogP contribution in [0.25, 0.3) is 0 Å². The topological polar surface area (TPSA) is 63.4 Å². The predicted octanol–water partition coefficient (Wildman–Crippen LogP) is 1.65. The highest BCUT2D eigenvalue weighted by Crippen LogP contribution is 2.26. The van der Waals surface area contributed by atoms with E-state index in [9.17, 15) is 8.42 Å². The van der Waals surface area contributed by atoms with E-state index in [1.165, 1.54) is 0 Å². The van der Waals surface area contributed by atoms with Crippen molar-refractivity contribution < 1.29 is 8.42 Å². The molecule has 0 saturated carbocycles.